The molecule has 14 rings (SSSR count). The molecule has 0 aliphatic carbocycles. The molecule has 0 heterocycles. The summed E-state index contributed by atoms with van der Waals surface area (Å²) in [6, 6.07) is 122. The predicted octanol–water partition coefficient (Wildman–Crippen LogP) is 23.4. The van der Waals surface area contributed by atoms with E-state index in [-0.39, 0.29) is 0 Å². The van der Waals surface area contributed by atoms with E-state index in [1.54, 1.807) is 0 Å². The summed E-state index contributed by atoms with van der Waals surface area (Å²) in [6.45, 7) is 0. The Morgan fingerprint density at radius 3 is 0.616 bits per heavy atom. The lowest BCUT2D eigenvalue weighted by molar-refractivity contribution is 1.28. The lowest BCUT2D eigenvalue weighted by atomic mass is 9.93. The zero-order chi connectivity index (χ0) is 57.4. The zero-order valence-electron chi connectivity index (χ0n) is 47.4. The Balaban J connectivity index is 0.822. The highest BCUT2D eigenvalue weighted by Gasteiger charge is 2.25. The number of anilines is 12. The number of rotatable bonds is 16. The molecule has 0 bridgehead atoms. The SMILES string of the molecule is C(=Cc1ccc(N(c2ccccc2)c2c3ccccc3cc3c(N(c4ccccc4)c4ccc(C=Cc5ccc(N(c6ccccc6)c6ccccc6)cc5)cc4)c4ccccc4cc23)cc1)c1ccc(N(c2ccccc2)c2ccccc2)cc1. The molecule has 0 saturated carbocycles. The van der Waals surface area contributed by atoms with Crippen LogP contribution in [-0.4, -0.2) is 0 Å². The maximum atomic E-state index is 2.45. The minimum atomic E-state index is 1.06. The van der Waals surface area contributed by atoms with E-state index in [1.807, 2.05) is 0 Å². The average Bonchev–Trinajstić information content (AvgIpc) is 0.818. The molecule has 14 aromatic rings. The molecule has 0 saturated heterocycles. The van der Waals surface area contributed by atoms with E-state index in [0.29, 0.717) is 0 Å². The third kappa shape index (κ3) is 10.9. The minimum absolute atomic E-state index is 1.06. The fourth-order valence-electron chi connectivity index (χ4n) is 11.8. The van der Waals surface area contributed by atoms with Gasteiger partial charge >= 0.3 is 0 Å². The Morgan fingerprint density at radius 2 is 0.360 bits per heavy atom. The summed E-state index contributed by atoms with van der Waals surface area (Å²) in [4.78, 5) is 9.48. The van der Waals surface area contributed by atoms with Gasteiger partial charge in [-0.3, -0.25) is 0 Å². The molecular weight excluding hydrogens is 1040 g/mol. The highest BCUT2D eigenvalue weighted by Crippen LogP contribution is 2.51. The van der Waals surface area contributed by atoms with Gasteiger partial charge in [0.05, 0.1) is 11.4 Å². The van der Waals surface area contributed by atoms with Crippen LogP contribution in [0.4, 0.5) is 68.2 Å². The van der Waals surface area contributed by atoms with Gasteiger partial charge in [0.1, 0.15) is 0 Å². The van der Waals surface area contributed by atoms with Crippen LogP contribution in [0.2, 0.25) is 0 Å². The Labute approximate surface area is 503 Å². The molecule has 0 fully saturated rings. The highest BCUT2D eigenvalue weighted by atomic mass is 15.2. The van der Waals surface area contributed by atoms with Gasteiger partial charge in [-0.05, 0) is 166 Å². The largest absolute Gasteiger partial charge is 0.311 e. The van der Waals surface area contributed by atoms with Crippen molar-refractivity contribution in [1.82, 2.24) is 0 Å². The maximum absolute atomic E-state index is 2.45. The first-order valence-corrected chi connectivity index (χ1v) is 29.3. The number of fused-ring (bicyclic) bond motifs is 3. The molecule has 4 heteroatoms. The third-order valence-electron chi connectivity index (χ3n) is 15.9. The number of hydrogen-bond donors (Lipinski definition) is 0. The first kappa shape index (κ1) is 52.6. The molecule has 0 radical (unpaired) electrons. The molecule has 14 aromatic carbocycles. The smallest absolute Gasteiger partial charge is 0.0619 e. The quantitative estimate of drug-likeness (QED) is 0.0706. The standard InChI is InChI=1S/C82H60N4/c1-7-25-67(26-8-1)83(68-27-9-2-10-28-68)73-51-43-61(44-52-73)39-41-63-47-55-75(56-48-63)85(71-33-15-5-16-34-71)81-77-37-21-19-23-65(77)60-80-79(81)59-66-24-20-22-38-78(66)82(80)86(72-35-17-6-18-36-72)76-57-49-64(50-58-76)42-40-62-45-53-74(54-46-62)84(69-29-11-3-12-30-69)70-31-13-4-14-32-70/h1-60H. The van der Waals surface area contributed by atoms with Crippen LogP contribution in [0, 0.1) is 0 Å². The van der Waals surface area contributed by atoms with E-state index < -0.39 is 0 Å². The summed E-state index contributed by atoms with van der Waals surface area (Å²) < 4.78 is 0. The monoisotopic (exact) mass is 1100 g/mol. The van der Waals surface area contributed by atoms with E-state index in [4.69, 9.17) is 0 Å². The Kier molecular flexibility index (Phi) is 14.8. The number of hydrogen-bond acceptors (Lipinski definition) is 4. The number of nitrogens with zero attached hydrogens (tertiary/aromatic N) is 4. The van der Waals surface area contributed by atoms with Crippen LogP contribution < -0.4 is 19.6 Å². The molecule has 0 aliphatic rings. The van der Waals surface area contributed by atoms with Crippen molar-refractivity contribution in [3.8, 4) is 0 Å². The lowest BCUT2D eigenvalue weighted by Crippen LogP contribution is -2.13. The third-order valence-corrected chi connectivity index (χ3v) is 15.9. The van der Waals surface area contributed by atoms with Gasteiger partial charge in [-0.15, -0.1) is 0 Å². The van der Waals surface area contributed by atoms with Crippen LogP contribution in [0.3, 0.4) is 0 Å². The van der Waals surface area contributed by atoms with Crippen molar-refractivity contribution in [2.75, 3.05) is 19.6 Å². The van der Waals surface area contributed by atoms with Crippen molar-refractivity contribution in [3.63, 3.8) is 0 Å². The van der Waals surface area contributed by atoms with Crippen LogP contribution in [0.15, 0.2) is 340 Å². The molecule has 408 valence electrons. The molecule has 0 amide bonds. The molecule has 0 aromatic heterocycles. The van der Waals surface area contributed by atoms with Crippen molar-refractivity contribution in [2.45, 2.75) is 0 Å². The number of benzene rings is 14. The average molecular weight is 1100 g/mol. The zero-order valence-corrected chi connectivity index (χ0v) is 47.4. The molecule has 0 spiro atoms. The second kappa shape index (κ2) is 24.2. The summed E-state index contributed by atoms with van der Waals surface area (Å²) >= 11 is 0. The molecule has 0 atom stereocenters. The van der Waals surface area contributed by atoms with Gasteiger partial charge < -0.3 is 19.6 Å². The fraction of sp³-hybridized carbons (Fsp3) is 0. The highest BCUT2D eigenvalue weighted by molar-refractivity contribution is 6.23. The van der Waals surface area contributed by atoms with Crippen molar-refractivity contribution >= 4 is 125 Å². The minimum Gasteiger partial charge on any atom is -0.311 e. The van der Waals surface area contributed by atoms with Gasteiger partial charge in [0, 0.05) is 78.4 Å². The van der Waals surface area contributed by atoms with E-state index in [2.05, 4.69) is 384 Å². The second-order valence-electron chi connectivity index (χ2n) is 21.4. The Bertz CT molecular complexity index is 4250. The van der Waals surface area contributed by atoms with E-state index in [9.17, 15) is 0 Å². The van der Waals surface area contributed by atoms with Crippen molar-refractivity contribution in [1.29, 1.82) is 0 Å². The second-order valence-corrected chi connectivity index (χ2v) is 21.4. The lowest BCUT2D eigenvalue weighted by Gasteiger charge is -2.32. The van der Waals surface area contributed by atoms with Crippen LogP contribution in [0.5, 0.6) is 0 Å². The molecule has 86 heavy (non-hydrogen) atoms. The van der Waals surface area contributed by atoms with Crippen molar-refractivity contribution in [2.24, 2.45) is 0 Å². The summed E-state index contributed by atoms with van der Waals surface area (Å²) in [7, 11) is 0. The van der Waals surface area contributed by atoms with Crippen LogP contribution in [0.1, 0.15) is 22.3 Å². The van der Waals surface area contributed by atoms with Gasteiger partial charge in [-0.25, -0.2) is 0 Å². The van der Waals surface area contributed by atoms with Crippen LogP contribution >= 0.6 is 0 Å². The fourth-order valence-corrected chi connectivity index (χ4v) is 11.8. The summed E-state index contributed by atoms with van der Waals surface area (Å²) in [5.74, 6) is 0. The maximum Gasteiger partial charge on any atom is 0.0619 e. The van der Waals surface area contributed by atoms with Gasteiger partial charge in [0.15, 0.2) is 0 Å². The van der Waals surface area contributed by atoms with Crippen molar-refractivity contribution < 1.29 is 0 Å². The molecule has 0 aliphatic heterocycles. The van der Waals surface area contributed by atoms with Crippen LogP contribution in [0.25, 0.3) is 56.6 Å². The topological polar surface area (TPSA) is 13.0 Å². The molecular formula is C82H60N4. The molecule has 0 unspecified atom stereocenters. The summed E-state index contributed by atoms with van der Waals surface area (Å²) in [5.41, 5.74) is 17.7. The first-order chi connectivity index (χ1) is 42.7. The van der Waals surface area contributed by atoms with Gasteiger partial charge in [-0.1, -0.05) is 231 Å². The normalized spacial score (nSPS) is 11.4. The van der Waals surface area contributed by atoms with Gasteiger partial charge in [0.2, 0.25) is 0 Å². The molecule has 0 N–H and O–H groups in total. The van der Waals surface area contributed by atoms with Gasteiger partial charge in [-0.2, -0.15) is 0 Å². The van der Waals surface area contributed by atoms with Crippen LogP contribution in [-0.2, 0) is 0 Å². The van der Waals surface area contributed by atoms with E-state index >= 15 is 0 Å². The first-order valence-electron chi connectivity index (χ1n) is 29.3. The van der Waals surface area contributed by atoms with E-state index in [0.717, 1.165) is 123 Å². The van der Waals surface area contributed by atoms with E-state index in [1.165, 1.54) is 0 Å². The summed E-state index contributed by atoms with van der Waals surface area (Å²) in [6.07, 6.45) is 8.80. The Hall–Kier alpha value is -11.5. The summed E-state index contributed by atoms with van der Waals surface area (Å²) in [5, 5.41) is 6.93. The number of para-hydroxylation sites is 6. The predicted molar refractivity (Wildman–Crippen MR) is 368 cm³/mol. The van der Waals surface area contributed by atoms with Gasteiger partial charge in [0.25, 0.3) is 0 Å². The van der Waals surface area contributed by atoms with Crippen molar-refractivity contribution in [3.05, 3.63) is 362 Å². The Morgan fingerprint density at radius 1 is 0.163 bits per heavy atom. The molecule has 4 nitrogen and oxygen atoms in total.